The second-order valence-electron chi connectivity index (χ2n) is 2.63. The standard InChI is InChI=1S/C9H5F2N3O/c10-9(11)7-5(3-13)4-14-6(1-2-12)8(7)15/h4,9,15H,1H2. The Hall–Kier alpha value is -2.21. The fraction of sp³-hybridized carbons (Fsp3) is 0.222. The maximum absolute atomic E-state index is 12.5. The summed E-state index contributed by atoms with van der Waals surface area (Å²) in [5, 5.41) is 26.2. The van der Waals surface area contributed by atoms with Crippen LogP contribution in [0.4, 0.5) is 8.78 Å². The van der Waals surface area contributed by atoms with Crippen LogP contribution < -0.4 is 0 Å². The fourth-order valence-electron chi connectivity index (χ4n) is 1.07. The van der Waals surface area contributed by atoms with Gasteiger partial charge in [-0.1, -0.05) is 0 Å². The van der Waals surface area contributed by atoms with Crippen LogP contribution in [-0.2, 0) is 6.42 Å². The van der Waals surface area contributed by atoms with Gasteiger partial charge in [-0.3, -0.25) is 4.98 Å². The number of aromatic hydroxyl groups is 1. The van der Waals surface area contributed by atoms with Crippen molar-refractivity contribution in [1.29, 1.82) is 10.5 Å². The Morgan fingerprint density at radius 1 is 1.47 bits per heavy atom. The van der Waals surface area contributed by atoms with Crippen LogP contribution in [0.2, 0.25) is 0 Å². The molecule has 0 fully saturated rings. The topological polar surface area (TPSA) is 80.7 Å². The molecule has 0 atom stereocenters. The van der Waals surface area contributed by atoms with Gasteiger partial charge in [-0.25, -0.2) is 8.78 Å². The average Bonchev–Trinajstić information content (AvgIpc) is 2.20. The van der Waals surface area contributed by atoms with E-state index in [0.29, 0.717) is 0 Å². The van der Waals surface area contributed by atoms with E-state index in [9.17, 15) is 13.9 Å². The van der Waals surface area contributed by atoms with Crippen molar-refractivity contribution < 1.29 is 13.9 Å². The summed E-state index contributed by atoms with van der Waals surface area (Å²) in [5.74, 6) is -0.773. The van der Waals surface area contributed by atoms with Crippen molar-refractivity contribution in [3.05, 3.63) is 23.0 Å². The molecule has 0 bridgehead atoms. The first-order chi connectivity index (χ1) is 7.11. The molecule has 1 aromatic rings. The molecule has 4 nitrogen and oxygen atoms in total. The number of hydrogen-bond donors (Lipinski definition) is 1. The molecule has 0 saturated carbocycles. The van der Waals surface area contributed by atoms with Gasteiger partial charge in [0.05, 0.1) is 29.3 Å². The van der Waals surface area contributed by atoms with Gasteiger partial charge in [0.2, 0.25) is 0 Å². The highest BCUT2D eigenvalue weighted by atomic mass is 19.3. The predicted octanol–water partition coefficient (Wildman–Crippen LogP) is 1.66. The molecule has 0 aliphatic carbocycles. The van der Waals surface area contributed by atoms with Crippen LogP contribution in [-0.4, -0.2) is 10.1 Å². The molecule has 0 aliphatic heterocycles. The van der Waals surface area contributed by atoms with Gasteiger partial charge in [0.15, 0.2) is 0 Å². The van der Waals surface area contributed by atoms with Crippen molar-refractivity contribution >= 4 is 0 Å². The molecule has 1 heterocycles. The SMILES string of the molecule is N#CCc1ncc(C#N)c(C(F)F)c1O. The zero-order valence-corrected chi connectivity index (χ0v) is 7.41. The van der Waals surface area contributed by atoms with E-state index in [4.69, 9.17) is 10.5 Å². The molecule has 1 aromatic heterocycles. The molecular formula is C9H5F2N3O. The lowest BCUT2D eigenvalue weighted by Crippen LogP contribution is -1.98. The summed E-state index contributed by atoms with van der Waals surface area (Å²) >= 11 is 0. The van der Waals surface area contributed by atoms with E-state index in [-0.39, 0.29) is 17.7 Å². The number of pyridine rings is 1. The zero-order valence-electron chi connectivity index (χ0n) is 7.41. The van der Waals surface area contributed by atoms with Crippen LogP contribution in [0.25, 0.3) is 0 Å². The van der Waals surface area contributed by atoms with Crippen molar-refractivity contribution in [3.8, 4) is 17.9 Å². The van der Waals surface area contributed by atoms with Gasteiger partial charge in [0.25, 0.3) is 6.43 Å². The lowest BCUT2D eigenvalue weighted by molar-refractivity contribution is 0.146. The Morgan fingerprint density at radius 2 is 2.13 bits per heavy atom. The summed E-state index contributed by atoms with van der Waals surface area (Å²) in [6.45, 7) is 0. The highest BCUT2D eigenvalue weighted by molar-refractivity contribution is 5.48. The van der Waals surface area contributed by atoms with E-state index in [1.165, 1.54) is 6.07 Å². The van der Waals surface area contributed by atoms with Gasteiger partial charge < -0.3 is 5.11 Å². The molecule has 0 aliphatic rings. The molecule has 6 heteroatoms. The third-order valence-electron chi connectivity index (χ3n) is 1.75. The molecule has 1 rings (SSSR count). The molecule has 1 N–H and O–H groups in total. The molecular weight excluding hydrogens is 204 g/mol. The largest absolute Gasteiger partial charge is 0.505 e. The van der Waals surface area contributed by atoms with Crippen molar-refractivity contribution in [2.45, 2.75) is 12.8 Å². The van der Waals surface area contributed by atoms with E-state index in [0.717, 1.165) is 6.20 Å². The molecule has 0 spiro atoms. The Balaban J connectivity index is 3.39. The van der Waals surface area contributed by atoms with E-state index in [1.54, 1.807) is 6.07 Å². The van der Waals surface area contributed by atoms with Crippen LogP contribution in [0, 0.1) is 22.7 Å². The van der Waals surface area contributed by atoms with Gasteiger partial charge in [0.1, 0.15) is 11.8 Å². The number of alkyl halides is 2. The Morgan fingerprint density at radius 3 is 2.60 bits per heavy atom. The van der Waals surface area contributed by atoms with Gasteiger partial charge in [-0.15, -0.1) is 0 Å². The average molecular weight is 209 g/mol. The minimum atomic E-state index is -2.97. The summed E-state index contributed by atoms with van der Waals surface area (Å²) in [6.07, 6.45) is -2.33. The first kappa shape index (κ1) is 10.9. The van der Waals surface area contributed by atoms with Crippen LogP contribution >= 0.6 is 0 Å². The van der Waals surface area contributed by atoms with E-state index in [1.807, 2.05) is 0 Å². The molecule has 0 unspecified atom stereocenters. The third-order valence-corrected chi connectivity index (χ3v) is 1.75. The molecule has 0 amide bonds. The zero-order chi connectivity index (χ0) is 11.4. The lowest BCUT2D eigenvalue weighted by Gasteiger charge is -2.07. The number of aromatic nitrogens is 1. The molecule has 0 radical (unpaired) electrons. The van der Waals surface area contributed by atoms with Gasteiger partial charge in [0, 0.05) is 6.20 Å². The smallest absolute Gasteiger partial charge is 0.268 e. The summed E-state index contributed by atoms with van der Waals surface area (Å²) in [4.78, 5) is 3.55. The highest BCUT2D eigenvalue weighted by Crippen LogP contribution is 2.32. The third kappa shape index (κ3) is 2.00. The summed E-state index contributed by atoms with van der Waals surface area (Å²) in [7, 11) is 0. The summed E-state index contributed by atoms with van der Waals surface area (Å²) in [5.41, 5.74) is -1.30. The van der Waals surface area contributed by atoms with Crippen LogP contribution in [0.1, 0.15) is 23.2 Å². The van der Waals surface area contributed by atoms with Crippen LogP contribution in [0.3, 0.4) is 0 Å². The lowest BCUT2D eigenvalue weighted by atomic mass is 10.1. The monoisotopic (exact) mass is 209 g/mol. The Kier molecular flexibility index (Phi) is 3.14. The van der Waals surface area contributed by atoms with Crippen molar-refractivity contribution in [2.24, 2.45) is 0 Å². The molecule has 0 aromatic carbocycles. The number of rotatable bonds is 2. The minimum Gasteiger partial charge on any atom is -0.505 e. The van der Waals surface area contributed by atoms with Crippen molar-refractivity contribution in [1.82, 2.24) is 4.98 Å². The molecule has 0 saturated heterocycles. The van der Waals surface area contributed by atoms with E-state index >= 15 is 0 Å². The second-order valence-corrected chi connectivity index (χ2v) is 2.63. The number of hydrogen-bond acceptors (Lipinski definition) is 4. The Labute approximate surface area is 84.0 Å². The van der Waals surface area contributed by atoms with Crippen molar-refractivity contribution in [3.63, 3.8) is 0 Å². The molecule has 76 valence electrons. The molecule has 15 heavy (non-hydrogen) atoms. The number of halogens is 2. The normalized spacial score (nSPS) is 9.67. The van der Waals surface area contributed by atoms with Crippen molar-refractivity contribution in [2.75, 3.05) is 0 Å². The maximum atomic E-state index is 12.5. The highest BCUT2D eigenvalue weighted by Gasteiger charge is 2.21. The summed E-state index contributed by atoms with van der Waals surface area (Å²) < 4.78 is 24.9. The predicted molar refractivity (Wildman–Crippen MR) is 44.9 cm³/mol. The first-order valence-corrected chi connectivity index (χ1v) is 3.87. The van der Waals surface area contributed by atoms with E-state index < -0.39 is 17.7 Å². The quantitative estimate of drug-likeness (QED) is 0.803. The second kappa shape index (κ2) is 4.34. The number of nitriles is 2. The number of nitrogens with zero attached hydrogens (tertiary/aromatic N) is 3. The van der Waals surface area contributed by atoms with E-state index in [2.05, 4.69) is 4.98 Å². The summed E-state index contributed by atoms with van der Waals surface area (Å²) in [6, 6.07) is 3.18. The van der Waals surface area contributed by atoms with Gasteiger partial charge in [-0.2, -0.15) is 10.5 Å². The van der Waals surface area contributed by atoms with Gasteiger partial charge in [-0.05, 0) is 0 Å². The Bertz CT molecular complexity index is 460. The van der Waals surface area contributed by atoms with Gasteiger partial charge >= 0.3 is 0 Å². The van der Waals surface area contributed by atoms with Crippen LogP contribution in [0.5, 0.6) is 5.75 Å². The fourth-order valence-corrected chi connectivity index (χ4v) is 1.07. The first-order valence-electron chi connectivity index (χ1n) is 3.87. The minimum absolute atomic E-state index is 0.146. The maximum Gasteiger partial charge on any atom is 0.268 e. The van der Waals surface area contributed by atoms with Crippen LogP contribution in [0.15, 0.2) is 6.20 Å².